The number of hydrogen-bond acceptors (Lipinski definition) is 4. The normalized spacial score (nSPS) is 14.2. The van der Waals surface area contributed by atoms with Crippen LogP contribution in [0.5, 0.6) is 0 Å². The summed E-state index contributed by atoms with van der Waals surface area (Å²) in [6.45, 7) is 3.71. The lowest BCUT2D eigenvalue weighted by Crippen LogP contribution is -2.30. The third kappa shape index (κ3) is 3.52. The smallest absolute Gasteiger partial charge is 0.338 e. The molecule has 0 bridgehead atoms. The van der Waals surface area contributed by atoms with Crippen molar-refractivity contribution in [2.75, 3.05) is 6.61 Å². The van der Waals surface area contributed by atoms with Crippen LogP contribution in [0.3, 0.4) is 0 Å². The molecular weight excluding hydrogens is 288 g/mol. The first-order valence-corrected chi connectivity index (χ1v) is 6.05. The van der Waals surface area contributed by atoms with Crippen molar-refractivity contribution in [2.45, 2.75) is 26.1 Å². The molecule has 4 nitrogen and oxygen atoms in total. The van der Waals surface area contributed by atoms with E-state index in [0.29, 0.717) is 10.0 Å². The lowest BCUT2D eigenvalue weighted by atomic mass is 10.0. The maximum absolute atomic E-state index is 11.3. The number of carbonyl (C=O) groups is 1. The average molecular weight is 303 g/mol. The van der Waals surface area contributed by atoms with Crippen molar-refractivity contribution >= 4 is 21.9 Å². The Kier molecular flexibility index (Phi) is 5.11. The third-order valence-electron chi connectivity index (χ3n) is 2.30. The van der Waals surface area contributed by atoms with Crippen LogP contribution in [0.1, 0.15) is 24.2 Å². The highest BCUT2D eigenvalue weighted by Crippen LogP contribution is 2.27. The monoisotopic (exact) mass is 302 g/mol. The second-order valence-corrected chi connectivity index (χ2v) is 4.52. The van der Waals surface area contributed by atoms with Crippen molar-refractivity contribution in [3.63, 3.8) is 0 Å². The molecule has 0 aliphatic rings. The van der Waals surface area contributed by atoms with Crippen molar-refractivity contribution in [3.8, 4) is 0 Å². The highest BCUT2D eigenvalue weighted by molar-refractivity contribution is 9.10. The zero-order valence-electron chi connectivity index (χ0n) is 9.68. The van der Waals surface area contributed by atoms with Crippen molar-refractivity contribution in [1.29, 1.82) is 0 Å². The van der Waals surface area contributed by atoms with Gasteiger partial charge in [0.05, 0.1) is 6.61 Å². The summed E-state index contributed by atoms with van der Waals surface area (Å²) in [6, 6.07) is 5.25. The number of halogens is 1. The fourth-order valence-electron chi connectivity index (χ4n) is 1.40. The summed E-state index contributed by atoms with van der Waals surface area (Å²) in [5.74, 6) is -0.826. The Morgan fingerprint density at radius 2 is 2.12 bits per heavy atom. The summed E-state index contributed by atoms with van der Waals surface area (Å²) in [5.41, 5.74) is 1.47. The molecule has 2 atom stereocenters. The number of carbonyl (C=O) groups excluding carboxylic acids is 1. The topological polar surface area (TPSA) is 66.8 Å². The minimum absolute atomic E-state index is 0.164. The van der Waals surface area contributed by atoms with Crippen LogP contribution >= 0.6 is 15.9 Å². The predicted molar refractivity (Wildman–Crippen MR) is 66.5 cm³/mol. The molecule has 1 aromatic carbocycles. The van der Waals surface area contributed by atoms with E-state index in [1.54, 1.807) is 25.1 Å². The molecule has 0 saturated carbocycles. The highest BCUT2D eigenvalue weighted by Gasteiger charge is 2.28. The molecule has 1 aromatic rings. The second kappa shape index (κ2) is 6.14. The summed E-state index contributed by atoms with van der Waals surface area (Å²) in [6.07, 6.45) is -2.88. The molecule has 0 aliphatic heterocycles. The van der Waals surface area contributed by atoms with E-state index in [9.17, 15) is 15.0 Å². The Balaban J connectivity index is 2.88. The van der Waals surface area contributed by atoms with Gasteiger partial charge in [0.1, 0.15) is 6.10 Å². The van der Waals surface area contributed by atoms with Gasteiger partial charge >= 0.3 is 5.97 Å². The van der Waals surface area contributed by atoms with Crippen LogP contribution < -0.4 is 0 Å². The number of ether oxygens (including phenoxy) is 1. The summed E-state index contributed by atoms with van der Waals surface area (Å²) >= 11 is 3.28. The van der Waals surface area contributed by atoms with Crippen LogP contribution in [-0.2, 0) is 9.53 Å². The first-order chi connectivity index (χ1) is 7.97. The number of aliphatic hydroxyl groups is 2. The lowest BCUT2D eigenvalue weighted by molar-refractivity contribution is -0.159. The highest BCUT2D eigenvalue weighted by atomic mass is 79.9. The molecule has 0 fully saturated rings. The SMILES string of the molecule is CCOC(=O)C(O)C(O)c1ccc(C)cc1Br. The average Bonchev–Trinajstić information content (AvgIpc) is 2.27. The fourth-order valence-corrected chi connectivity index (χ4v) is 2.13. The number of esters is 1. The van der Waals surface area contributed by atoms with Crippen LogP contribution in [0.2, 0.25) is 0 Å². The van der Waals surface area contributed by atoms with E-state index in [0.717, 1.165) is 5.56 Å². The molecule has 1 rings (SSSR count). The molecule has 0 saturated heterocycles. The standard InChI is InChI=1S/C12H15BrO4/c1-3-17-12(16)11(15)10(14)8-5-4-7(2)6-9(8)13/h4-6,10-11,14-15H,3H2,1-2H3. The number of hydrogen-bond donors (Lipinski definition) is 2. The maximum atomic E-state index is 11.3. The number of aliphatic hydroxyl groups excluding tert-OH is 2. The van der Waals surface area contributed by atoms with Gasteiger partial charge in [0, 0.05) is 4.47 Å². The van der Waals surface area contributed by atoms with Crippen molar-refractivity contribution < 1.29 is 19.7 Å². The molecule has 17 heavy (non-hydrogen) atoms. The van der Waals surface area contributed by atoms with Crippen LogP contribution in [0.4, 0.5) is 0 Å². The van der Waals surface area contributed by atoms with Gasteiger partial charge in [-0.2, -0.15) is 0 Å². The van der Waals surface area contributed by atoms with Crippen LogP contribution in [0.15, 0.2) is 22.7 Å². The van der Waals surface area contributed by atoms with Crippen LogP contribution in [0.25, 0.3) is 0 Å². The largest absolute Gasteiger partial charge is 0.464 e. The molecule has 0 amide bonds. The Bertz CT molecular complexity index is 405. The lowest BCUT2D eigenvalue weighted by Gasteiger charge is -2.18. The minimum atomic E-state index is -1.58. The molecule has 94 valence electrons. The molecule has 0 radical (unpaired) electrons. The van der Waals surface area contributed by atoms with Crippen LogP contribution in [0, 0.1) is 6.92 Å². The predicted octanol–water partition coefficient (Wildman–Crippen LogP) is 1.71. The van der Waals surface area contributed by atoms with E-state index in [4.69, 9.17) is 0 Å². The number of aryl methyl sites for hydroxylation is 1. The van der Waals surface area contributed by atoms with Gasteiger partial charge in [-0.05, 0) is 31.0 Å². The molecule has 0 heterocycles. The Labute approximate surface area is 108 Å². The van der Waals surface area contributed by atoms with E-state index >= 15 is 0 Å². The molecule has 0 aliphatic carbocycles. The summed E-state index contributed by atoms with van der Waals surface area (Å²) < 4.78 is 5.29. The molecular formula is C12H15BrO4. The molecule has 0 aromatic heterocycles. The van der Waals surface area contributed by atoms with Gasteiger partial charge in [0.15, 0.2) is 6.10 Å². The molecule has 5 heteroatoms. The molecule has 2 N–H and O–H groups in total. The van der Waals surface area contributed by atoms with Crippen molar-refractivity contribution in [1.82, 2.24) is 0 Å². The quantitative estimate of drug-likeness (QED) is 0.831. The van der Waals surface area contributed by atoms with E-state index in [1.165, 1.54) is 0 Å². The number of rotatable bonds is 4. The van der Waals surface area contributed by atoms with Crippen molar-refractivity contribution in [3.05, 3.63) is 33.8 Å². The summed E-state index contributed by atoms with van der Waals surface area (Å²) in [4.78, 5) is 11.3. The Morgan fingerprint density at radius 1 is 1.47 bits per heavy atom. The van der Waals surface area contributed by atoms with Gasteiger partial charge in [-0.1, -0.05) is 28.1 Å². The third-order valence-corrected chi connectivity index (χ3v) is 2.99. The van der Waals surface area contributed by atoms with E-state index < -0.39 is 18.2 Å². The first kappa shape index (κ1) is 14.2. The minimum Gasteiger partial charge on any atom is -0.464 e. The van der Waals surface area contributed by atoms with E-state index in [1.807, 2.05) is 6.92 Å². The van der Waals surface area contributed by atoms with Gasteiger partial charge < -0.3 is 14.9 Å². The van der Waals surface area contributed by atoms with Gasteiger partial charge in [-0.15, -0.1) is 0 Å². The first-order valence-electron chi connectivity index (χ1n) is 5.26. The molecule has 0 spiro atoms. The maximum Gasteiger partial charge on any atom is 0.338 e. The summed E-state index contributed by atoms with van der Waals surface area (Å²) in [7, 11) is 0. The molecule has 2 unspecified atom stereocenters. The van der Waals surface area contributed by atoms with Gasteiger partial charge in [0.25, 0.3) is 0 Å². The zero-order valence-corrected chi connectivity index (χ0v) is 11.3. The Hall–Kier alpha value is -0.910. The van der Waals surface area contributed by atoms with E-state index in [2.05, 4.69) is 20.7 Å². The number of benzene rings is 1. The fraction of sp³-hybridized carbons (Fsp3) is 0.417. The zero-order chi connectivity index (χ0) is 13.0. The van der Waals surface area contributed by atoms with Gasteiger partial charge in [-0.25, -0.2) is 4.79 Å². The van der Waals surface area contributed by atoms with E-state index in [-0.39, 0.29) is 6.61 Å². The second-order valence-electron chi connectivity index (χ2n) is 3.67. The van der Waals surface area contributed by atoms with Crippen LogP contribution in [-0.4, -0.2) is 28.9 Å². The van der Waals surface area contributed by atoms with Gasteiger partial charge in [-0.3, -0.25) is 0 Å². The van der Waals surface area contributed by atoms with Gasteiger partial charge in [0.2, 0.25) is 0 Å². The Morgan fingerprint density at radius 3 is 2.65 bits per heavy atom. The van der Waals surface area contributed by atoms with Crippen molar-refractivity contribution in [2.24, 2.45) is 0 Å². The summed E-state index contributed by atoms with van der Waals surface area (Å²) in [5, 5.41) is 19.5.